The normalized spacial score (nSPS) is 13.1. The summed E-state index contributed by atoms with van der Waals surface area (Å²) >= 11 is 0. The molecule has 2 heterocycles. The van der Waals surface area contributed by atoms with Gasteiger partial charge in [0.2, 0.25) is 0 Å². The van der Waals surface area contributed by atoms with E-state index in [1.807, 2.05) is 0 Å². The topological polar surface area (TPSA) is 136 Å². The number of H-pyrrole nitrogens is 1. The fraction of sp³-hybridized carbons (Fsp3) is 0.300. The minimum atomic E-state index is -0.813. The number of nitrogens with zero attached hydrogens (tertiary/aromatic N) is 2. The van der Waals surface area contributed by atoms with Crippen LogP contribution in [0.25, 0.3) is 11.2 Å². The van der Waals surface area contributed by atoms with Gasteiger partial charge in [-0.15, -0.1) is 0 Å². The molecule has 3 rings (SSSR count). The molecule has 2 unspecified atom stereocenters. The number of carbonyl (C=O) groups is 1. The Morgan fingerprint density at radius 2 is 2.17 bits per heavy atom. The molecule has 1 amide bonds. The van der Waals surface area contributed by atoms with Crippen molar-refractivity contribution < 1.29 is 19.0 Å². The van der Waals surface area contributed by atoms with Crippen LogP contribution in [0.5, 0.6) is 0 Å². The first-order valence-electron chi connectivity index (χ1n) is 9.24. The molecule has 30 heavy (non-hydrogen) atoms. The van der Waals surface area contributed by atoms with Crippen LogP contribution in [0, 0.1) is 11.2 Å². The molecule has 1 aromatic carbocycles. The summed E-state index contributed by atoms with van der Waals surface area (Å²) in [5, 5.41) is 23.9. The number of hydrogen-bond donors (Lipinski definition) is 5. The number of rotatable bonds is 8. The van der Waals surface area contributed by atoms with Crippen molar-refractivity contribution in [3.8, 4) is 0 Å². The molecule has 2 aromatic heterocycles. The van der Waals surface area contributed by atoms with E-state index in [0.717, 1.165) is 0 Å². The Kier molecular flexibility index (Phi) is 6.38. The number of aromatic nitrogens is 3. The molecule has 0 aliphatic heterocycles. The van der Waals surface area contributed by atoms with Gasteiger partial charge < -0.3 is 25.5 Å². The van der Waals surface area contributed by atoms with E-state index in [4.69, 9.17) is 10.1 Å². The Balaban J connectivity index is 1.95. The number of aliphatic hydroxyl groups is 1. The van der Waals surface area contributed by atoms with E-state index in [0.29, 0.717) is 16.9 Å². The van der Waals surface area contributed by atoms with E-state index < -0.39 is 23.9 Å². The largest absolute Gasteiger partial charge is 0.391 e. The van der Waals surface area contributed by atoms with Crippen LogP contribution in [0.1, 0.15) is 28.5 Å². The summed E-state index contributed by atoms with van der Waals surface area (Å²) < 4.78 is 18.5. The molecule has 2 atom stereocenters. The second-order valence-electron chi connectivity index (χ2n) is 6.75. The van der Waals surface area contributed by atoms with Gasteiger partial charge in [0.25, 0.3) is 5.91 Å². The first-order chi connectivity index (χ1) is 14.3. The number of halogens is 1. The first kappa shape index (κ1) is 21.3. The maximum Gasteiger partial charge on any atom is 0.255 e. The van der Waals surface area contributed by atoms with Crippen molar-refractivity contribution in [1.29, 1.82) is 5.41 Å². The number of nitrogens with one attached hydrogen (secondary N) is 4. The minimum Gasteiger partial charge on any atom is -0.391 e. The van der Waals surface area contributed by atoms with Crippen LogP contribution in [-0.2, 0) is 4.74 Å². The Labute approximate surface area is 172 Å². The summed E-state index contributed by atoms with van der Waals surface area (Å²) in [4.78, 5) is 24.3. The number of fused-ring (bicyclic) bond motifs is 1. The lowest BCUT2D eigenvalue weighted by Gasteiger charge is -2.20. The number of anilines is 1. The lowest BCUT2D eigenvalue weighted by atomic mass is 10.1. The Hall–Kier alpha value is -3.37. The SMILES string of the molecule is CNc1cc(F)ccc1C(=N)c1cnc2[nH]cc(C(=O)NC(COC)C(C)O)c2n1. The number of carbonyl (C=O) groups excluding carboxylic acids is 1. The van der Waals surface area contributed by atoms with Crippen molar-refractivity contribution >= 4 is 28.5 Å². The van der Waals surface area contributed by atoms with Crippen LogP contribution >= 0.6 is 0 Å². The van der Waals surface area contributed by atoms with Gasteiger partial charge in [-0.25, -0.2) is 14.4 Å². The Morgan fingerprint density at radius 1 is 1.40 bits per heavy atom. The number of methoxy groups -OCH3 is 1. The molecular weight excluding hydrogens is 391 g/mol. The van der Waals surface area contributed by atoms with Crippen LogP contribution in [0.4, 0.5) is 10.1 Å². The molecule has 0 aliphatic rings. The number of ether oxygens (including phenoxy) is 1. The van der Waals surface area contributed by atoms with Gasteiger partial charge in [0.05, 0.1) is 36.2 Å². The molecule has 10 heteroatoms. The van der Waals surface area contributed by atoms with Crippen molar-refractivity contribution in [2.24, 2.45) is 0 Å². The lowest BCUT2D eigenvalue weighted by Crippen LogP contribution is -2.45. The van der Waals surface area contributed by atoms with Gasteiger partial charge in [0.15, 0.2) is 5.65 Å². The van der Waals surface area contributed by atoms with E-state index in [1.165, 1.54) is 37.7 Å². The van der Waals surface area contributed by atoms with Crippen LogP contribution in [0.15, 0.2) is 30.6 Å². The summed E-state index contributed by atoms with van der Waals surface area (Å²) in [7, 11) is 3.11. The van der Waals surface area contributed by atoms with Crippen molar-refractivity contribution in [1.82, 2.24) is 20.3 Å². The maximum absolute atomic E-state index is 13.5. The zero-order chi connectivity index (χ0) is 21.8. The highest BCUT2D eigenvalue weighted by atomic mass is 19.1. The Morgan fingerprint density at radius 3 is 2.83 bits per heavy atom. The average Bonchev–Trinajstić information content (AvgIpc) is 3.16. The van der Waals surface area contributed by atoms with Gasteiger partial charge in [0.1, 0.15) is 17.0 Å². The third-order valence-corrected chi connectivity index (χ3v) is 4.65. The summed E-state index contributed by atoms with van der Waals surface area (Å²) in [6.45, 7) is 1.70. The van der Waals surface area contributed by atoms with E-state index in [9.17, 15) is 14.3 Å². The molecule has 158 valence electrons. The van der Waals surface area contributed by atoms with Gasteiger partial charge in [-0.3, -0.25) is 10.2 Å². The summed E-state index contributed by atoms with van der Waals surface area (Å²) in [6.07, 6.45) is 2.07. The van der Waals surface area contributed by atoms with Gasteiger partial charge in [-0.2, -0.15) is 0 Å². The number of amides is 1. The van der Waals surface area contributed by atoms with Gasteiger partial charge in [-0.05, 0) is 25.1 Å². The second-order valence-corrected chi connectivity index (χ2v) is 6.75. The molecule has 3 aromatic rings. The van der Waals surface area contributed by atoms with Gasteiger partial charge in [-0.1, -0.05) is 0 Å². The van der Waals surface area contributed by atoms with Crippen molar-refractivity contribution in [3.05, 3.63) is 53.2 Å². The second kappa shape index (κ2) is 8.97. The highest BCUT2D eigenvalue weighted by Gasteiger charge is 2.22. The van der Waals surface area contributed by atoms with Crippen LogP contribution < -0.4 is 10.6 Å². The standard InChI is InChI=1S/C20H23FN6O3/c1-10(28)16(9-30-3)27-20(29)13-7-24-19-18(13)26-15(8-25-19)17(22)12-5-4-11(21)6-14(12)23-2/h4-8,10,16,22-23,28H,9H2,1-3H3,(H,24,25)(H,27,29). The fourth-order valence-corrected chi connectivity index (χ4v) is 2.99. The number of aromatic amines is 1. The first-order valence-corrected chi connectivity index (χ1v) is 9.24. The van der Waals surface area contributed by atoms with Crippen molar-refractivity contribution in [2.75, 3.05) is 26.1 Å². The molecule has 0 bridgehead atoms. The van der Waals surface area contributed by atoms with Gasteiger partial charge >= 0.3 is 0 Å². The summed E-state index contributed by atoms with van der Waals surface area (Å²) in [6, 6.07) is 3.44. The molecule has 0 fully saturated rings. The van der Waals surface area contributed by atoms with E-state index in [1.54, 1.807) is 14.0 Å². The molecular formula is C20H23FN6O3. The van der Waals surface area contributed by atoms with Crippen LogP contribution in [-0.4, -0.2) is 64.6 Å². The van der Waals surface area contributed by atoms with E-state index in [2.05, 4.69) is 25.6 Å². The van der Waals surface area contributed by atoms with Crippen molar-refractivity contribution in [2.45, 2.75) is 19.1 Å². The fourth-order valence-electron chi connectivity index (χ4n) is 2.99. The maximum atomic E-state index is 13.5. The molecule has 9 nitrogen and oxygen atoms in total. The van der Waals surface area contributed by atoms with E-state index in [-0.39, 0.29) is 29.1 Å². The predicted molar refractivity (Wildman–Crippen MR) is 111 cm³/mol. The van der Waals surface area contributed by atoms with Crippen LogP contribution in [0.2, 0.25) is 0 Å². The minimum absolute atomic E-state index is 0.0301. The quantitative estimate of drug-likeness (QED) is 0.356. The van der Waals surface area contributed by atoms with Crippen LogP contribution in [0.3, 0.4) is 0 Å². The molecule has 0 radical (unpaired) electrons. The Bertz CT molecular complexity index is 1080. The number of aliphatic hydroxyl groups excluding tert-OH is 1. The molecule has 5 N–H and O–H groups in total. The average molecular weight is 414 g/mol. The monoisotopic (exact) mass is 414 g/mol. The summed E-state index contributed by atoms with van der Waals surface area (Å²) in [5.41, 5.74) is 2.03. The predicted octanol–water partition coefficient (Wildman–Crippen LogP) is 1.68. The zero-order valence-corrected chi connectivity index (χ0v) is 16.8. The number of benzene rings is 1. The van der Waals surface area contributed by atoms with E-state index >= 15 is 0 Å². The highest BCUT2D eigenvalue weighted by molar-refractivity contribution is 6.14. The molecule has 0 saturated heterocycles. The molecule has 0 aliphatic carbocycles. The highest BCUT2D eigenvalue weighted by Crippen LogP contribution is 2.21. The number of hydrogen-bond acceptors (Lipinski definition) is 7. The molecule has 0 saturated carbocycles. The third-order valence-electron chi connectivity index (χ3n) is 4.65. The molecule has 0 spiro atoms. The third kappa shape index (κ3) is 4.29. The zero-order valence-electron chi connectivity index (χ0n) is 16.8. The summed E-state index contributed by atoms with van der Waals surface area (Å²) in [5.74, 6) is -0.884. The lowest BCUT2D eigenvalue weighted by molar-refractivity contribution is 0.0663. The van der Waals surface area contributed by atoms with Gasteiger partial charge in [0, 0.05) is 31.6 Å². The smallest absolute Gasteiger partial charge is 0.255 e. The van der Waals surface area contributed by atoms with Crippen molar-refractivity contribution in [3.63, 3.8) is 0 Å².